The van der Waals surface area contributed by atoms with Crippen molar-refractivity contribution in [1.82, 2.24) is 14.3 Å². The van der Waals surface area contributed by atoms with Crippen molar-refractivity contribution in [2.75, 3.05) is 32.7 Å². The highest BCUT2D eigenvalue weighted by Gasteiger charge is 2.64. The van der Waals surface area contributed by atoms with Crippen molar-refractivity contribution in [2.24, 2.45) is 10.8 Å². The first-order valence-electron chi connectivity index (χ1n) is 6.04. The van der Waals surface area contributed by atoms with Gasteiger partial charge in [-0.3, -0.25) is 0 Å². The molecule has 1 saturated carbocycles. The first kappa shape index (κ1) is 13.0. The molecule has 0 bridgehead atoms. The summed E-state index contributed by atoms with van der Waals surface area (Å²) in [4.78, 5) is 0. The Morgan fingerprint density at radius 1 is 1.28 bits per heavy atom. The first-order chi connectivity index (χ1) is 8.36. The van der Waals surface area contributed by atoms with Crippen LogP contribution in [0.4, 0.5) is 13.2 Å². The Bertz CT molecular complexity index is 336. The van der Waals surface area contributed by atoms with E-state index in [1.165, 1.54) is 0 Å². The molecule has 3 aliphatic rings. The molecule has 1 spiro atoms. The summed E-state index contributed by atoms with van der Waals surface area (Å²) in [6.07, 6.45) is -3.89. The molecule has 18 heavy (non-hydrogen) atoms. The minimum Gasteiger partial charge on any atom is -0.579 e. The van der Waals surface area contributed by atoms with Crippen LogP contribution in [0.15, 0.2) is 0 Å². The third-order valence-electron chi connectivity index (χ3n) is 4.25. The highest BCUT2D eigenvalue weighted by atomic mass is 32.2. The van der Waals surface area contributed by atoms with Crippen LogP contribution in [0.3, 0.4) is 0 Å². The maximum absolute atomic E-state index is 12.7. The van der Waals surface area contributed by atoms with E-state index in [0.29, 0.717) is 13.1 Å². The van der Waals surface area contributed by atoms with Crippen molar-refractivity contribution in [1.29, 1.82) is 0 Å². The normalized spacial score (nSPS) is 30.7. The summed E-state index contributed by atoms with van der Waals surface area (Å²) in [6.45, 7) is 3.03. The van der Waals surface area contributed by atoms with Gasteiger partial charge in [0, 0.05) is 18.5 Å². The van der Waals surface area contributed by atoms with Crippen molar-refractivity contribution < 1.29 is 17.7 Å². The minimum absolute atomic E-state index is 0.147. The Morgan fingerprint density at radius 2 is 1.89 bits per heavy atom. The van der Waals surface area contributed by atoms with Gasteiger partial charge < -0.3 is 9.87 Å². The summed E-state index contributed by atoms with van der Waals surface area (Å²) in [5.74, 6) is 0. The number of nitrogens with zero attached hydrogens (tertiary/aromatic N) is 1. The van der Waals surface area contributed by atoms with Gasteiger partial charge in [-0.1, -0.05) is 0 Å². The average molecular weight is 283 g/mol. The topological polar surface area (TPSA) is 50.4 Å². The zero-order valence-corrected chi connectivity index (χ0v) is 10.7. The summed E-state index contributed by atoms with van der Waals surface area (Å²) in [7, 11) is 0. The summed E-state index contributed by atoms with van der Waals surface area (Å²) in [6, 6.07) is 0. The SMILES string of the molecule is [O-][S+](NCC1(C(F)(F)F)CC1)N1CC2(CNC2)C1. The Kier molecular flexibility index (Phi) is 2.88. The van der Waals surface area contributed by atoms with Gasteiger partial charge >= 0.3 is 6.18 Å². The molecule has 2 saturated heterocycles. The van der Waals surface area contributed by atoms with Crippen molar-refractivity contribution in [2.45, 2.75) is 19.0 Å². The molecule has 0 radical (unpaired) electrons. The molecule has 1 atom stereocenters. The molecule has 2 heterocycles. The van der Waals surface area contributed by atoms with Crippen LogP contribution in [0.1, 0.15) is 12.8 Å². The van der Waals surface area contributed by atoms with Crippen LogP contribution in [0.25, 0.3) is 0 Å². The number of rotatable bonds is 4. The predicted octanol–water partition coefficient (Wildman–Crippen LogP) is 0.402. The Balaban J connectivity index is 1.44. The monoisotopic (exact) mass is 283 g/mol. The molecule has 1 unspecified atom stereocenters. The van der Waals surface area contributed by atoms with E-state index in [1.807, 2.05) is 0 Å². The van der Waals surface area contributed by atoms with E-state index >= 15 is 0 Å². The molecule has 0 aromatic carbocycles. The van der Waals surface area contributed by atoms with Crippen molar-refractivity contribution in [3.63, 3.8) is 0 Å². The molecule has 2 aliphatic heterocycles. The predicted molar refractivity (Wildman–Crippen MR) is 60.7 cm³/mol. The lowest BCUT2D eigenvalue weighted by atomic mass is 9.76. The Hall–Kier alpha value is -0.0200. The minimum atomic E-state index is -4.18. The van der Waals surface area contributed by atoms with Gasteiger partial charge in [-0.2, -0.15) is 13.2 Å². The van der Waals surface area contributed by atoms with E-state index < -0.39 is 23.1 Å². The zero-order valence-electron chi connectivity index (χ0n) is 9.85. The molecule has 0 aromatic heterocycles. The number of halogens is 3. The van der Waals surface area contributed by atoms with Gasteiger partial charge in [0.15, 0.2) is 0 Å². The maximum atomic E-state index is 12.7. The molecule has 4 nitrogen and oxygen atoms in total. The lowest BCUT2D eigenvalue weighted by Gasteiger charge is -2.53. The van der Waals surface area contributed by atoms with Gasteiger partial charge in [-0.05, 0) is 12.8 Å². The summed E-state index contributed by atoms with van der Waals surface area (Å²) in [5, 5.41) is 3.15. The lowest BCUT2D eigenvalue weighted by Crippen LogP contribution is -2.72. The third-order valence-corrected chi connectivity index (χ3v) is 5.37. The van der Waals surface area contributed by atoms with E-state index in [1.54, 1.807) is 4.31 Å². The summed E-state index contributed by atoms with van der Waals surface area (Å²) in [5.41, 5.74) is -1.39. The smallest absolute Gasteiger partial charge is 0.395 e. The van der Waals surface area contributed by atoms with E-state index in [-0.39, 0.29) is 24.8 Å². The quantitative estimate of drug-likeness (QED) is 0.734. The number of hydrogen-bond acceptors (Lipinski definition) is 4. The van der Waals surface area contributed by atoms with Gasteiger partial charge in [0.2, 0.25) is 0 Å². The molecule has 8 heteroatoms. The fraction of sp³-hybridized carbons (Fsp3) is 1.00. The lowest BCUT2D eigenvalue weighted by molar-refractivity contribution is -0.184. The fourth-order valence-corrected chi connectivity index (χ4v) is 3.89. The third kappa shape index (κ3) is 2.03. The van der Waals surface area contributed by atoms with Crippen LogP contribution >= 0.6 is 0 Å². The second-order valence-electron chi connectivity index (χ2n) is 5.75. The Morgan fingerprint density at radius 3 is 2.28 bits per heavy atom. The van der Waals surface area contributed by atoms with Gasteiger partial charge in [0.1, 0.15) is 11.5 Å². The van der Waals surface area contributed by atoms with Gasteiger partial charge in [-0.25, -0.2) is 0 Å². The molecule has 3 rings (SSSR count). The molecule has 104 valence electrons. The van der Waals surface area contributed by atoms with Crippen LogP contribution in [0, 0.1) is 10.8 Å². The Labute approximate surface area is 107 Å². The highest BCUT2D eigenvalue weighted by molar-refractivity contribution is 7.87. The standard InChI is InChI=1S/C10H16F3N3OS/c11-10(12,13)9(1-2-9)5-15-18(17)16-6-8(7-16)3-14-4-8/h14-15H,1-7H2. The van der Waals surface area contributed by atoms with Crippen LogP contribution in [-0.4, -0.2) is 47.8 Å². The second kappa shape index (κ2) is 3.99. The van der Waals surface area contributed by atoms with Crippen LogP contribution in [0.5, 0.6) is 0 Å². The fourth-order valence-electron chi connectivity index (χ4n) is 2.52. The number of hydrogen-bond donors (Lipinski definition) is 2. The highest BCUT2D eigenvalue weighted by Crippen LogP contribution is 2.57. The van der Waals surface area contributed by atoms with Gasteiger partial charge in [-0.15, -0.1) is 9.03 Å². The second-order valence-corrected chi connectivity index (χ2v) is 7.05. The zero-order chi connectivity index (χ0) is 13.0. The number of alkyl halides is 3. The number of nitrogens with one attached hydrogen (secondary N) is 2. The molecule has 1 aliphatic carbocycles. The summed E-state index contributed by atoms with van der Waals surface area (Å²) >= 11 is -1.48. The van der Waals surface area contributed by atoms with Crippen LogP contribution in [0.2, 0.25) is 0 Å². The van der Waals surface area contributed by atoms with Crippen molar-refractivity contribution in [3.05, 3.63) is 0 Å². The molecule has 2 N–H and O–H groups in total. The van der Waals surface area contributed by atoms with Crippen LogP contribution < -0.4 is 10.0 Å². The average Bonchev–Trinajstić information content (AvgIpc) is 2.89. The largest absolute Gasteiger partial charge is 0.579 e. The molecular formula is C10H16F3N3OS. The first-order valence-corrected chi connectivity index (χ1v) is 7.15. The molecular weight excluding hydrogens is 267 g/mol. The van der Waals surface area contributed by atoms with Gasteiger partial charge in [0.25, 0.3) is 0 Å². The molecule has 0 aromatic rings. The maximum Gasteiger partial charge on any atom is 0.395 e. The van der Waals surface area contributed by atoms with E-state index in [9.17, 15) is 17.7 Å². The molecule has 3 fully saturated rings. The van der Waals surface area contributed by atoms with Crippen LogP contribution in [-0.2, 0) is 11.5 Å². The molecule has 0 amide bonds. The van der Waals surface area contributed by atoms with Gasteiger partial charge in [0.05, 0.1) is 25.0 Å². The van der Waals surface area contributed by atoms with E-state index in [2.05, 4.69) is 10.0 Å². The van der Waals surface area contributed by atoms with E-state index in [4.69, 9.17) is 0 Å². The van der Waals surface area contributed by atoms with Crippen molar-refractivity contribution >= 4 is 11.5 Å². The van der Waals surface area contributed by atoms with Crippen molar-refractivity contribution in [3.8, 4) is 0 Å². The van der Waals surface area contributed by atoms with E-state index in [0.717, 1.165) is 13.1 Å². The summed E-state index contributed by atoms with van der Waals surface area (Å²) < 4.78 is 54.0.